The first kappa shape index (κ1) is 24.9. The molecule has 0 radical (unpaired) electrons. The van der Waals surface area contributed by atoms with Crippen molar-refractivity contribution in [1.82, 2.24) is 5.43 Å². The molecule has 3 aromatic rings. The summed E-state index contributed by atoms with van der Waals surface area (Å²) in [6.45, 7) is 3.25. The van der Waals surface area contributed by atoms with Crippen LogP contribution in [0.2, 0.25) is 5.02 Å². The number of hydrogen-bond acceptors (Lipinski definition) is 5. The lowest BCUT2D eigenvalue weighted by atomic mass is 10.1. The summed E-state index contributed by atoms with van der Waals surface area (Å²) >= 11 is 5.90. The minimum absolute atomic E-state index is 0.00931. The lowest BCUT2D eigenvalue weighted by molar-refractivity contribution is -0.119. The van der Waals surface area contributed by atoms with E-state index in [2.05, 4.69) is 10.5 Å². The zero-order chi connectivity index (χ0) is 24.9. The van der Waals surface area contributed by atoms with Crippen molar-refractivity contribution in [2.75, 3.05) is 10.8 Å². The molecule has 3 aromatic carbocycles. The number of amides is 1. The number of carbonyl (C=O) groups is 2. The van der Waals surface area contributed by atoms with Crippen molar-refractivity contribution in [3.63, 3.8) is 0 Å². The zero-order valence-corrected chi connectivity index (χ0v) is 20.0. The Balaban J connectivity index is 1.83. The van der Waals surface area contributed by atoms with E-state index in [0.29, 0.717) is 16.3 Å². The number of hydrogen-bond donors (Lipinski definition) is 2. The molecule has 0 saturated carbocycles. The predicted molar refractivity (Wildman–Crippen MR) is 131 cm³/mol. The van der Waals surface area contributed by atoms with Gasteiger partial charge in [-0.1, -0.05) is 29.8 Å². The number of nitrogens with zero attached hydrogens (tertiary/aromatic N) is 2. The Morgan fingerprint density at radius 1 is 1.00 bits per heavy atom. The second-order valence-electron chi connectivity index (χ2n) is 7.45. The van der Waals surface area contributed by atoms with Gasteiger partial charge in [0.25, 0.3) is 15.9 Å². The molecule has 0 bridgehead atoms. The van der Waals surface area contributed by atoms with Crippen LogP contribution in [0.15, 0.2) is 76.7 Å². The van der Waals surface area contributed by atoms with E-state index in [1.807, 2.05) is 13.8 Å². The molecule has 0 unspecified atom stereocenters. The van der Waals surface area contributed by atoms with E-state index < -0.39 is 28.4 Å². The third-order valence-electron chi connectivity index (χ3n) is 5.03. The van der Waals surface area contributed by atoms with E-state index in [4.69, 9.17) is 16.7 Å². The van der Waals surface area contributed by atoms with Crippen LogP contribution in [-0.4, -0.2) is 38.2 Å². The third-order valence-corrected chi connectivity index (χ3v) is 7.07. The highest BCUT2D eigenvalue weighted by molar-refractivity contribution is 7.92. The van der Waals surface area contributed by atoms with Crippen molar-refractivity contribution in [2.24, 2.45) is 5.10 Å². The molecule has 3 rings (SSSR count). The van der Waals surface area contributed by atoms with E-state index in [-0.39, 0.29) is 10.5 Å². The lowest BCUT2D eigenvalue weighted by Gasteiger charge is -2.24. The summed E-state index contributed by atoms with van der Waals surface area (Å²) in [4.78, 5) is 23.5. The van der Waals surface area contributed by atoms with Gasteiger partial charge in [0.1, 0.15) is 6.54 Å². The molecule has 0 heterocycles. The van der Waals surface area contributed by atoms with Crippen molar-refractivity contribution in [1.29, 1.82) is 0 Å². The van der Waals surface area contributed by atoms with Gasteiger partial charge in [-0.3, -0.25) is 9.10 Å². The van der Waals surface area contributed by atoms with Gasteiger partial charge in [-0.15, -0.1) is 0 Å². The molecule has 0 spiro atoms. The number of anilines is 1. The molecule has 8 nitrogen and oxygen atoms in total. The van der Waals surface area contributed by atoms with Crippen LogP contribution in [0.25, 0.3) is 0 Å². The van der Waals surface area contributed by atoms with Crippen molar-refractivity contribution in [3.05, 3.63) is 94.0 Å². The highest BCUT2D eigenvalue weighted by atomic mass is 35.5. The first-order valence-corrected chi connectivity index (χ1v) is 11.9. The molecule has 0 aliphatic rings. The standard InChI is InChI=1S/C24H22ClN3O5S/c1-16-3-10-21(13-17(16)2)28(34(32,33)22-11-8-20(25)9-12-22)15-23(29)27-26-14-18-4-6-19(7-5-18)24(30)31/h3-14H,15H2,1-2H3,(H,27,29)(H,30,31)/b26-14-. The number of benzene rings is 3. The van der Waals surface area contributed by atoms with Gasteiger partial charge in [-0.25, -0.2) is 18.6 Å². The van der Waals surface area contributed by atoms with E-state index in [0.717, 1.165) is 15.4 Å². The summed E-state index contributed by atoms with van der Waals surface area (Å²) in [5.41, 5.74) is 5.19. The molecular formula is C24H22ClN3O5S. The number of carbonyl (C=O) groups excluding carboxylic acids is 1. The minimum Gasteiger partial charge on any atom is -0.478 e. The highest BCUT2D eigenvalue weighted by Gasteiger charge is 2.27. The molecule has 0 atom stereocenters. The summed E-state index contributed by atoms with van der Waals surface area (Å²) in [7, 11) is -4.08. The number of rotatable bonds is 8. The number of aromatic carboxylic acids is 1. The Bertz CT molecular complexity index is 1340. The summed E-state index contributed by atoms with van der Waals surface area (Å²) in [5, 5.41) is 13.2. The Labute approximate surface area is 202 Å². The van der Waals surface area contributed by atoms with Gasteiger partial charge in [0.15, 0.2) is 0 Å². The van der Waals surface area contributed by atoms with Crippen LogP contribution in [0.5, 0.6) is 0 Å². The maximum absolute atomic E-state index is 13.4. The Hall–Kier alpha value is -3.69. The number of sulfonamides is 1. The van der Waals surface area contributed by atoms with Gasteiger partial charge >= 0.3 is 5.97 Å². The third kappa shape index (κ3) is 6.00. The van der Waals surface area contributed by atoms with Crippen LogP contribution in [0.3, 0.4) is 0 Å². The second-order valence-corrected chi connectivity index (χ2v) is 9.75. The fourth-order valence-electron chi connectivity index (χ4n) is 2.99. The van der Waals surface area contributed by atoms with Crippen LogP contribution in [0, 0.1) is 13.8 Å². The van der Waals surface area contributed by atoms with Crippen LogP contribution in [0.4, 0.5) is 5.69 Å². The minimum atomic E-state index is -4.08. The van der Waals surface area contributed by atoms with E-state index in [1.165, 1.54) is 54.7 Å². The first-order chi connectivity index (χ1) is 16.1. The molecule has 1 amide bonds. The first-order valence-electron chi connectivity index (χ1n) is 10.1. The van der Waals surface area contributed by atoms with Gasteiger partial charge in [-0.2, -0.15) is 5.10 Å². The van der Waals surface area contributed by atoms with Gasteiger partial charge < -0.3 is 5.11 Å². The fraction of sp³-hybridized carbons (Fsp3) is 0.125. The molecule has 34 heavy (non-hydrogen) atoms. The molecule has 0 saturated heterocycles. The number of hydrazone groups is 1. The van der Waals surface area contributed by atoms with Crippen molar-refractivity contribution >= 4 is 45.4 Å². The van der Waals surface area contributed by atoms with E-state index in [9.17, 15) is 18.0 Å². The number of aryl methyl sites for hydroxylation is 2. The molecule has 176 valence electrons. The lowest BCUT2D eigenvalue weighted by Crippen LogP contribution is -2.39. The van der Waals surface area contributed by atoms with Crippen LogP contribution in [-0.2, 0) is 14.8 Å². The summed E-state index contributed by atoms with van der Waals surface area (Å²) in [5.74, 6) is -1.71. The monoisotopic (exact) mass is 499 g/mol. The summed E-state index contributed by atoms with van der Waals surface area (Å²) in [6.07, 6.45) is 1.33. The van der Waals surface area contributed by atoms with Crippen molar-refractivity contribution in [3.8, 4) is 0 Å². The molecule has 0 fully saturated rings. The van der Waals surface area contributed by atoms with Gasteiger partial charge in [0.05, 0.1) is 22.4 Å². The van der Waals surface area contributed by atoms with E-state index in [1.54, 1.807) is 18.2 Å². The zero-order valence-electron chi connectivity index (χ0n) is 18.4. The SMILES string of the molecule is Cc1ccc(N(CC(=O)N/N=C\c2ccc(C(=O)O)cc2)S(=O)(=O)c2ccc(Cl)cc2)cc1C. The second kappa shape index (κ2) is 10.5. The van der Waals surface area contributed by atoms with Crippen LogP contribution >= 0.6 is 11.6 Å². The smallest absolute Gasteiger partial charge is 0.335 e. The summed E-state index contributed by atoms with van der Waals surface area (Å²) in [6, 6.07) is 16.7. The maximum atomic E-state index is 13.4. The largest absolute Gasteiger partial charge is 0.478 e. The van der Waals surface area contributed by atoms with Crippen molar-refractivity contribution < 1.29 is 23.1 Å². The molecule has 2 N–H and O–H groups in total. The molecule has 0 aliphatic carbocycles. The Morgan fingerprint density at radius 2 is 1.65 bits per heavy atom. The molecule has 10 heteroatoms. The Kier molecular flexibility index (Phi) is 7.70. The average molecular weight is 500 g/mol. The van der Waals surface area contributed by atoms with Gasteiger partial charge in [-0.05, 0) is 79.1 Å². The number of carboxylic acid groups (broad SMARTS) is 1. The quantitative estimate of drug-likeness (QED) is 0.359. The molecule has 0 aromatic heterocycles. The molecular weight excluding hydrogens is 478 g/mol. The normalized spacial score (nSPS) is 11.4. The Morgan fingerprint density at radius 3 is 2.24 bits per heavy atom. The maximum Gasteiger partial charge on any atom is 0.335 e. The van der Waals surface area contributed by atoms with E-state index >= 15 is 0 Å². The highest BCUT2D eigenvalue weighted by Crippen LogP contribution is 2.26. The van der Waals surface area contributed by atoms with Crippen molar-refractivity contribution in [2.45, 2.75) is 18.7 Å². The molecule has 0 aliphatic heterocycles. The number of halogens is 1. The fourth-order valence-corrected chi connectivity index (χ4v) is 4.52. The topological polar surface area (TPSA) is 116 Å². The average Bonchev–Trinajstić information content (AvgIpc) is 2.80. The van der Waals surface area contributed by atoms with Crippen LogP contribution < -0.4 is 9.73 Å². The van der Waals surface area contributed by atoms with Gasteiger partial charge in [0, 0.05) is 5.02 Å². The predicted octanol–water partition coefficient (Wildman–Crippen LogP) is 4.00. The summed E-state index contributed by atoms with van der Waals surface area (Å²) < 4.78 is 27.8. The van der Waals surface area contributed by atoms with Crippen LogP contribution in [0.1, 0.15) is 27.0 Å². The van der Waals surface area contributed by atoms with Gasteiger partial charge in [0.2, 0.25) is 0 Å². The number of nitrogens with one attached hydrogen (secondary N) is 1. The number of carboxylic acids is 1.